The van der Waals surface area contributed by atoms with Gasteiger partial charge in [-0.25, -0.2) is 4.39 Å². The standard InChI is InChI=1S/C14H19FN2O.ClH/c1-10(16)8-14(18)17-7-3-6-13(17)11-4-2-5-12(15)9-11;/h2,4-5,9-10,13H,3,6-8,16H2,1H3;1H. The van der Waals surface area contributed by atoms with E-state index in [1.54, 1.807) is 6.07 Å². The van der Waals surface area contributed by atoms with Gasteiger partial charge in [0.05, 0.1) is 6.04 Å². The highest BCUT2D eigenvalue weighted by molar-refractivity contribution is 5.85. The molecule has 5 heteroatoms. The summed E-state index contributed by atoms with van der Waals surface area (Å²) in [5.41, 5.74) is 6.54. The number of likely N-dealkylation sites (tertiary alicyclic amines) is 1. The van der Waals surface area contributed by atoms with Crippen LogP contribution >= 0.6 is 12.4 Å². The van der Waals surface area contributed by atoms with Crippen molar-refractivity contribution >= 4 is 18.3 Å². The first-order valence-corrected chi connectivity index (χ1v) is 6.38. The summed E-state index contributed by atoms with van der Waals surface area (Å²) in [6.07, 6.45) is 2.21. The minimum atomic E-state index is -0.251. The van der Waals surface area contributed by atoms with Crippen molar-refractivity contribution in [3.05, 3.63) is 35.6 Å². The molecule has 1 aliphatic rings. The van der Waals surface area contributed by atoms with Crippen LogP contribution in [0.2, 0.25) is 0 Å². The molecule has 0 aliphatic carbocycles. The molecule has 19 heavy (non-hydrogen) atoms. The average Bonchev–Trinajstić information content (AvgIpc) is 2.76. The molecule has 3 nitrogen and oxygen atoms in total. The summed E-state index contributed by atoms with van der Waals surface area (Å²) in [5, 5.41) is 0. The minimum absolute atomic E-state index is 0. The molecule has 1 saturated heterocycles. The topological polar surface area (TPSA) is 46.3 Å². The summed E-state index contributed by atoms with van der Waals surface area (Å²) in [5.74, 6) is -0.184. The Morgan fingerprint density at radius 3 is 2.95 bits per heavy atom. The Morgan fingerprint density at radius 1 is 1.58 bits per heavy atom. The highest BCUT2D eigenvalue weighted by Crippen LogP contribution is 2.32. The molecule has 1 aliphatic heterocycles. The van der Waals surface area contributed by atoms with Gasteiger partial charge >= 0.3 is 0 Å². The lowest BCUT2D eigenvalue weighted by atomic mass is 10.0. The third-order valence-electron chi connectivity index (χ3n) is 3.30. The Balaban J connectivity index is 0.00000180. The summed E-state index contributed by atoms with van der Waals surface area (Å²) in [7, 11) is 0. The van der Waals surface area contributed by atoms with Crippen LogP contribution in [0.5, 0.6) is 0 Å². The lowest BCUT2D eigenvalue weighted by Gasteiger charge is -2.26. The van der Waals surface area contributed by atoms with Gasteiger partial charge in [-0.3, -0.25) is 4.79 Å². The number of carbonyl (C=O) groups excluding carboxylic acids is 1. The van der Waals surface area contributed by atoms with Gasteiger partial charge in [0.25, 0.3) is 0 Å². The number of rotatable bonds is 3. The maximum atomic E-state index is 13.2. The molecule has 0 spiro atoms. The molecule has 1 heterocycles. The molecule has 1 aromatic rings. The molecule has 0 saturated carbocycles. The molecule has 0 aromatic heterocycles. The molecule has 2 rings (SSSR count). The average molecular weight is 287 g/mol. The monoisotopic (exact) mass is 286 g/mol. The van der Waals surface area contributed by atoms with Gasteiger partial charge in [-0.1, -0.05) is 12.1 Å². The summed E-state index contributed by atoms with van der Waals surface area (Å²) in [6, 6.07) is 6.38. The first-order chi connectivity index (χ1) is 8.58. The van der Waals surface area contributed by atoms with Gasteiger partial charge < -0.3 is 10.6 Å². The lowest BCUT2D eigenvalue weighted by molar-refractivity contribution is -0.132. The lowest BCUT2D eigenvalue weighted by Crippen LogP contribution is -2.34. The van der Waals surface area contributed by atoms with E-state index in [9.17, 15) is 9.18 Å². The quantitative estimate of drug-likeness (QED) is 0.928. The predicted octanol–water partition coefficient (Wildman–Crippen LogP) is 2.65. The van der Waals surface area contributed by atoms with Crippen LogP contribution in [0.25, 0.3) is 0 Å². The zero-order chi connectivity index (χ0) is 13.1. The van der Waals surface area contributed by atoms with Gasteiger partial charge in [0.15, 0.2) is 0 Å². The fraction of sp³-hybridized carbons (Fsp3) is 0.500. The number of halogens is 2. The zero-order valence-electron chi connectivity index (χ0n) is 11.0. The summed E-state index contributed by atoms with van der Waals surface area (Å²) in [4.78, 5) is 13.9. The molecule has 1 amide bonds. The van der Waals surface area contributed by atoms with Crippen LogP contribution in [-0.2, 0) is 4.79 Å². The van der Waals surface area contributed by atoms with Crippen LogP contribution in [-0.4, -0.2) is 23.4 Å². The van der Waals surface area contributed by atoms with E-state index < -0.39 is 0 Å². The van der Waals surface area contributed by atoms with E-state index in [2.05, 4.69) is 0 Å². The molecule has 0 bridgehead atoms. The van der Waals surface area contributed by atoms with E-state index >= 15 is 0 Å². The highest BCUT2D eigenvalue weighted by Gasteiger charge is 2.30. The van der Waals surface area contributed by atoms with Crippen molar-refractivity contribution in [2.24, 2.45) is 5.73 Å². The van der Waals surface area contributed by atoms with E-state index in [0.29, 0.717) is 6.42 Å². The number of hydrogen-bond donors (Lipinski definition) is 1. The van der Waals surface area contributed by atoms with Gasteiger partial charge in [0.2, 0.25) is 5.91 Å². The zero-order valence-corrected chi connectivity index (χ0v) is 11.8. The van der Waals surface area contributed by atoms with Gasteiger partial charge in [-0.2, -0.15) is 0 Å². The van der Waals surface area contributed by atoms with Crippen LogP contribution in [0.4, 0.5) is 4.39 Å². The largest absolute Gasteiger partial charge is 0.336 e. The molecule has 1 fully saturated rings. The minimum Gasteiger partial charge on any atom is -0.336 e. The first-order valence-electron chi connectivity index (χ1n) is 6.38. The Bertz CT molecular complexity index is 439. The molecule has 2 atom stereocenters. The number of amides is 1. The van der Waals surface area contributed by atoms with Crippen molar-refractivity contribution in [2.75, 3.05) is 6.54 Å². The van der Waals surface area contributed by atoms with Gasteiger partial charge in [0, 0.05) is 19.0 Å². The maximum absolute atomic E-state index is 13.2. The molecule has 2 N–H and O–H groups in total. The molecular weight excluding hydrogens is 267 g/mol. The third-order valence-corrected chi connectivity index (χ3v) is 3.30. The van der Waals surface area contributed by atoms with Crippen molar-refractivity contribution < 1.29 is 9.18 Å². The normalized spacial score (nSPS) is 19.9. The Kier molecular flexibility index (Phi) is 5.76. The van der Waals surface area contributed by atoms with Crippen LogP contribution in [0.3, 0.4) is 0 Å². The van der Waals surface area contributed by atoms with E-state index in [1.807, 2.05) is 17.9 Å². The molecule has 0 radical (unpaired) electrons. The van der Waals surface area contributed by atoms with E-state index in [1.165, 1.54) is 12.1 Å². The number of carbonyl (C=O) groups is 1. The summed E-state index contributed by atoms with van der Waals surface area (Å²) >= 11 is 0. The van der Waals surface area contributed by atoms with Crippen LogP contribution in [0.15, 0.2) is 24.3 Å². The maximum Gasteiger partial charge on any atom is 0.224 e. The summed E-state index contributed by atoms with van der Waals surface area (Å²) in [6.45, 7) is 2.57. The van der Waals surface area contributed by atoms with Crippen LogP contribution < -0.4 is 5.73 Å². The van der Waals surface area contributed by atoms with E-state index in [4.69, 9.17) is 5.73 Å². The second kappa shape index (κ2) is 6.87. The third kappa shape index (κ3) is 3.91. The van der Waals surface area contributed by atoms with E-state index in [-0.39, 0.29) is 36.2 Å². The number of hydrogen-bond acceptors (Lipinski definition) is 2. The van der Waals surface area contributed by atoms with Crippen molar-refractivity contribution in [2.45, 2.75) is 38.3 Å². The number of benzene rings is 1. The predicted molar refractivity (Wildman–Crippen MR) is 75.6 cm³/mol. The molecule has 2 unspecified atom stereocenters. The van der Waals surface area contributed by atoms with Crippen molar-refractivity contribution in [3.8, 4) is 0 Å². The first kappa shape index (κ1) is 15.9. The van der Waals surface area contributed by atoms with Gasteiger partial charge in [0.1, 0.15) is 5.82 Å². The Labute approximate surface area is 119 Å². The van der Waals surface area contributed by atoms with Gasteiger partial charge in [-0.15, -0.1) is 12.4 Å². The Morgan fingerprint density at radius 2 is 2.32 bits per heavy atom. The number of nitrogens with zero attached hydrogens (tertiary/aromatic N) is 1. The second-order valence-electron chi connectivity index (χ2n) is 4.98. The fourth-order valence-electron chi connectivity index (χ4n) is 2.52. The van der Waals surface area contributed by atoms with Crippen molar-refractivity contribution in [1.29, 1.82) is 0 Å². The fourth-order valence-corrected chi connectivity index (χ4v) is 2.52. The Hall–Kier alpha value is -1.13. The van der Waals surface area contributed by atoms with E-state index in [0.717, 1.165) is 24.9 Å². The summed E-state index contributed by atoms with van der Waals surface area (Å²) < 4.78 is 13.2. The molecular formula is C14H20ClFN2O. The smallest absolute Gasteiger partial charge is 0.224 e. The van der Waals surface area contributed by atoms with Gasteiger partial charge in [-0.05, 0) is 37.5 Å². The van der Waals surface area contributed by atoms with Crippen molar-refractivity contribution in [3.63, 3.8) is 0 Å². The second-order valence-corrected chi connectivity index (χ2v) is 4.98. The highest BCUT2D eigenvalue weighted by atomic mass is 35.5. The molecule has 106 valence electrons. The van der Waals surface area contributed by atoms with Crippen LogP contribution in [0, 0.1) is 5.82 Å². The molecule has 1 aromatic carbocycles. The number of nitrogens with two attached hydrogens (primary N) is 1. The van der Waals surface area contributed by atoms with Crippen molar-refractivity contribution in [1.82, 2.24) is 4.90 Å². The SMILES string of the molecule is CC(N)CC(=O)N1CCCC1c1cccc(F)c1.Cl. The van der Waals surface area contributed by atoms with Crippen LogP contribution in [0.1, 0.15) is 37.8 Å².